The molecule has 0 aliphatic carbocycles. The molecule has 0 amide bonds. The van der Waals surface area contributed by atoms with Crippen molar-refractivity contribution in [2.75, 3.05) is 9.80 Å². The first-order valence-corrected chi connectivity index (χ1v) is 21.0. The van der Waals surface area contributed by atoms with Crippen molar-refractivity contribution in [2.45, 2.75) is 0 Å². The molecule has 10 aromatic carbocycles. The predicted molar refractivity (Wildman–Crippen MR) is 257 cm³/mol. The highest BCUT2D eigenvalue weighted by atomic mass is 16.5. The Morgan fingerprint density at radius 2 is 0.855 bits per heavy atom. The average Bonchev–Trinajstić information content (AvgIpc) is 3.73. The van der Waals surface area contributed by atoms with Crippen LogP contribution in [0.4, 0.5) is 34.1 Å². The molecule has 0 fully saturated rings. The highest BCUT2D eigenvalue weighted by Crippen LogP contribution is 2.51. The van der Waals surface area contributed by atoms with Gasteiger partial charge in [-0.2, -0.15) is 0 Å². The minimum Gasteiger partial charge on any atom is -0.456 e. The number of nitrogens with zero attached hydrogens (tertiary/aromatic N) is 2. The van der Waals surface area contributed by atoms with Crippen molar-refractivity contribution in [3.8, 4) is 44.9 Å². The lowest BCUT2D eigenvalue weighted by Gasteiger charge is -2.30. The molecule has 0 saturated carbocycles. The molecule has 12 rings (SSSR count). The first-order chi connectivity index (χ1) is 30.7. The molecule has 0 radical (unpaired) electrons. The summed E-state index contributed by atoms with van der Waals surface area (Å²) in [4.78, 5) is 4.62. The second-order valence-electron chi connectivity index (χ2n) is 15.7. The molecule has 1 aliphatic rings. The van der Waals surface area contributed by atoms with Crippen LogP contribution in [-0.4, -0.2) is 0 Å². The standard InChI is InChI=1S/C58H38N2O2/c1-4-14-39(15-5-1)40-26-30-45(31-27-40)60(46-32-28-41(29-33-46)49-22-13-24-52-50-21-10-11-25-54(50)62-58(49)52)48-36-42-16-12-23-51-53-37-47(34-35-55(53)61-56(38-48)57(42)51)59(43-17-6-2-7-18-43)44-19-8-3-9-20-44/h1-38H. The first kappa shape index (κ1) is 35.6. The van der Waals surface area contributed by atoms with E-state index < -0.39 is 0 Å². The maximum absolute atomic E-state index is 6.92. The number of rotatable bonds is 8. The number of anilines is 6. The van der Waals surface area contributed by atoms with Crippen LogP contribution >= 0.6 is 0 Å². The fourth-order valence-corrected chi connectivity index (χ4v) is 9.13. The van der Waals surface area contributed by atoms with Crippen molar-refractivity contribution in [1.29, 1.82) is 0 Å². The van der Waals surface area contributed by atoms with Crippen LogP contribution in [0.1, 0.15) is 0 Å². The van der Waals surface area contributed by atoms with Crippen LogP contribution in [0.15, 0.2) is 235 Å². The van der Waals surface area contributed by atoms with E-state index in [0.717, 1.165) is 101 Å². The van der Waals surface area contributed by atoms with Gasteiger partial charge in [-0.1, -0.05) is 146 Å². The molecule has 0 atom stereocenters. The Kier molecular flexibility index (Phi) is 8.46. The van der Waals surface area contributed by atoms with Gasteiger partial charge < -0.3 is 19.0 Å². The molecular weight excluding hydrogens is 757 g/mol. The molecule has 292 valence electrons. The SMILES string of the molecule is c1ccc(-c2ccc(N(c3ccc(-c4cccc5c4oc4ccccc45)cc3)c3cc4c5c(cccc5c3)-c3cc(N(c5ccccc5)c5ccccc5)ccc3O4)cc2)cc1. The van der Waals surface area contributed by atoms with Crippen molar-refractivity contribution in [3.05, 3.63) is 231 Å². The van der Waals surface area contributed by atoms with Crippen LogP contribution in [0.25, 0.3) is 66.1 Å². The third kappa shape index (κ3) is 6.08. The van der Waals surface area contributed by atoms with E-state index in [4.69, 9.17) is 9.15 Å². The smallest absolute Gasteiger partial charge is 0.143 e. The van der Waals surface area contributed by atoms with E-state index in [2.05, 4.69) is 228 Å². The molecule has 62 heavy (non-hydrogen) atoms. The van der Waals surface area contributed by atoms with Gasteiger partial charge in [0.1, 0.15) is 22.7 Å². The number of para-hydroxylation sites is 4. The summed E-state index contributed by atoms with van der Waals surface area (Å²) >= 11 is 0. The van der Waals surface area contributed by atoms with Crippen molar-refractivity contribution >= 4 is 66.8 Å². The van der Waals surface area contributed by atoms with Crippen molar-refractivity contribution < 1.29 is 9.15 Å². The Hall–Kier alpha value is -8.34. The number of hydrogen-bond donors (Lipinski definition) is 0. The lowest BCUT2D eigenvalue weighted by molar-refractivity contribution is 0.487. The fourth-order valence-electron chi connectivity index (χ4n) is 9.13. The maximum atomic E-state index is 6.92. The third-order valence-corrected chi connectivity index (χ3v) is 12.0. The molecule has 1 aromatic heterocycles. The third-order valence-electron chi connectivity index (χ3n) is 12.0. The Balaban J connectivity index is 0.972. The first-order valence-electron chi connectivity index (χ1n) is 21.0. The second kappa shape index (κ2) is 14.7. The zero-order valence-electron chi connectivity index (χ0n) is 33.7. The van der Waals surface area contributed by atoms with E-state index in [-0.39, 0.29) is 0 Å². The summed E-state index contributed by atoms with van der Waals surface area (Å²) < 4.78 is 13.4. The fraction of sp³-hybridized carbons (Fsp3) is 0. The average molecular weight is 795 g/mol. The maximum Gasteiger partial charge on any atom is 0.143 e. The normalized spacial score (nSPS) is 11.7. The van der Waals surface area contributed by atoms with Crippen molar-refractivity contribution in [1.82, 2.24) is 0 Å². The van der Waals surface area contributed by atoms with Gasteiger partial charge >= 0.3 is 0 Å². The van der Waals surface area contributed by atoms with Gasteiger partial charge in [0.2, 0.25) is 0 Å². The topological polar surface area (TPSA) is 28.9 Å². The largest absolute Gasteiger partial charge is 0.456 e. The van der Waals surface area contributed by atoms with Gasteiger partial charge in [-0.25, -0.2) is 0 Å². The summed E-state index contributed by atoms with van der Waals surface area (Å²) in [5, 5.41) is 4.45. The van der Waals surface area contributed by atoms with E-state index in [1.165, 1.54) is 11.1 Å². The lowest BCUT2D eigenvalue weighted by atomic mass is 9.93. The zero-order valence-corrected chi connectivity index (χ0v) is 33.7. The number of ether oxygens (including phenoxy) is 1. The number of furan rings is 1. The summed E-state index contributed by atoms with van der Waals surface area (Å²) in [5.74, 6) is 1.66. The molecule has 0 saturated heterocycles. The summed E-state index contributed by atoms with van der Waals surface area (Å²) in [6, 6.07) is 81.4. The van der Waals surface area contributed by atoms with Crippen LogP contribution < -0.4 is 14.5 Å². The number of hydrogen-bond acceptors (Lipinski definition) is 4. The highest BCUT2D eigenvalue weighted by Gasteiger charge is 2.25. The van der Waals surface area contributed by atoms with Crippen LogP contribution in [0.3, 0.4) is 0 Å². The van der Waals surface area contributed by atoms with Gasteiger partial charge in [-0.15, -0.1) is 0 Å². The monoisotopic (exact) mass is 794 g/mol. The lowest BCUT2D eigenvalue weighted by Crippen LogP contribution is -2.11. The van der Waals surface area contributed by atoms with Crippen molar-refractivity contribution in [2.24, 2.45) is 0 Å². The summed E-state index contributed by atoms with van der Waals surface area (Å²) in [6.07, 6.45) is 0. The Bertz CT molecular complexity index is 3380. The molecule has 11 aromatic rings. The Labute approximate surface area is 359 Å². The summed E-state index contributed by atoms with van der Waals surface area (Å²) in [5.41, 5.74) is 14.8. The van der Waals surface area contributed by atoms with E-state index in [0.29, 0.717) is 0 Å². The molecular formula is C58H38N2O2. The van der Waals surface area contributed by atoms with Crippen LogP contribution in [-0.2, 0) is 0 Å². The minimum absolute atomic E-state index is 0.829. The molecule has 4 heteroatoms. The Morgan fingerprint density at radius 1 is 0.306 bits per heavy atom. The van der Waals surface area contributed by atoms with E-state index >= 15 is 0 Å². The predicted octanol–water partition coefficient (Wildman–Crippen LogP) is 16.8. The van der Waals surface area contributed by atoms with E-state index in [1.807, 2.05) is 12.1 Å². The quantitative estimate of drug-likeness (QED) is 0.153. The van der Waals surface area contributed by atoms with Gasteiger partial charge in [0, 0.05) is 61.8 Å². The molecule has 0 bridgehead atoms. The highest BCUT2D eigenvalue weighted by molar-refractivity contribution is 6.10. The van der Waals surface area contributed by atoms with Gasteiger partial charge in [0.05, 0.1) is 5.69 Å². The second-order valence-corrected chi connectivity index (χ2v) is 15.7. The van der Waals surface area contributed by atoms with Crippen LogP contribution in [0.5, 0.6) is 11.5 Å². The van der Waals surface area contributed by atoms with Crippen LogP contribution in [0.2, 0.25) is 0 Å². The molecule has 2 heterocycles. The summed E-state index contributed by atoms with van der Waals surface area (Å²) in [6.45, 7) is 0. The summed E-state index contributed by atoms with van der Waals surface area (Å²) in [7, 11) is 0. The molecule has 0 N–H and O–H groups in total. The van der Waals surface area contributed by atoms with Crippen LogP contribution in [0, 0.1) is 0 Å². The van der Waals surface area contributed by atoms with Crippen molar-refractivity contribution in [3.63, 3.8) is 0 Å². The number of benzene rings is 10. The molecule has 1 aliphatic heterocycles. The molecule has 4 nitrogen and oxygen atoms in total. The molecule has 0 unspecified atom stereocenters. The number of fused-ring (bicyclic) bond motifs is 5. The minimum atomic E-state index is 0.829. The van der Waals surface area contributed by atoms with Gasteiger partial charge in [-0.05, 0) is 107 Å². The Morgan fingerprint density at radius 3 is 1.58 bits per heavy atom. The van der Waals surface area contributed by atoms with Gasteiger partial charge in [-0.3, -0.25) is 0 Å². The van der Waals surface area contributed by atoms with Gasteiger partial charge in [0.15, 0.2) is 0 Å². The molecule has 0 spiro atoms. The van der Waals surface area contributed by atoms with E-state index in [1.54, 1.807) is 0 Å². The zero-order chi connectivity index (χ0) is 41.0. The van der Waals surface area contributed by atoms with Gasteiger partial charge in [0.25, 0.3) is 0 Å². The van der Waals surface area contributed by atoms with E-state index in [9.17, 15) is 0 Å².